The molecule has 1 aliphatic heterocycles. The second kappa shape index (κ2) is 3.95. The van der Waals surface area contributed by atoms with Gasteiger partial charge in [0.05, 0.1) is 12.7 Å². The summed E-state index contributed by atoms with van der Waals surface area (Å²) in [5, 5.41) is 5.25. The van der Waals surface area contributed by atoms with Crippen molar-refractivity contribution in [2.45, 2.75) is 31.5 Å². The lowest BCUT2D eigenvalue weighted by Gasteiger charge is -2.08. The van der Waals surface area contributed by atoms with Crippen LogP contribution in [0.25, 0.3) is 0 Å². The molecular weight excluding hydrogens is 185 g/mol. The van der Waals surface area contributed by atoms with Crippen molar-refractivity contribution in [1.29, 1.82) is 0 Å². The van der Waals surface area contributed by atoms with Gasteiger partial charge in [0.25, 0.3) is 0 Å². The monoisotopic (exact) mass is 196 g/mol. The third-order valence-electron chi connectivity index (χ3n) is 1.88. The molecular formula is C7H11F3N2O. The molecule has 1 unspecified atom stereocenters. The lowest BCUT2D eigenvalue weighted by atomic mass is 10.1. The second-order valence-corrected chi connectivity index (χ2v) is 2.98. The maximum Gasteiger partial charge on any atom is 0.389 e. The van der Waals surface area contributed by atoms with Crippen molar-refractivity contribution in [2.75, 3.05) is 6.67 Å². The average molecular weight is 196 g/mol. The Morgan fingerprint density at radius 2 is 2.15 bits per heavy atom. The molecule has 6 heteroatoms. The van der Waals surface area contributed by atoms with E-state index >= 15 is 0 Å². The quantitative estimate of drug-likeness (QED) is 0.699. The topological polar surface area (TPSA) is 41.1 Å². The molecule has 76 valence electrons. The predicted molar refractivity (Wildman–Crippen MR) is 39.8 cm³/mol. The van der Waals surface area contributed by atoms with Crippen LogP contribution in [0, 0.1) is 0 Å². The predicted octanol–water partition coefficient (Wildman–Crippen LogP) is 0.764. The number of hydrogen-bond donors (Lipinski definition) is 2. The Kier molecular flexibility index (Phi) is 3.13. The molecule has 2 N–H and O–H groups in total. The summed E-state index contributed by atoms with van der Waals surface area (Å²) in [7, 11) is 0. The van der Waals surface area contributed by atoms with Crippen molar-refractivity contribution in [2.24, 2.45) is 0 Å². The van der Waals surface area contributed by atoms with Gasteiger partial charge in [-0.05, 0) is 12.8 Å². The van der Waals surface area contributed by atoms with Crippen LogP contribution in [0.1, 0.15) is 19.3 Å². The molecule has 0 aromatic rings. The normalized spacial score (nSPS) is 23.3. The van der Waals surface area contributed by atoms with E-state index in [9.17, 15) is 18.0 Å². The van der Waals surface area contributed by atoms with Crippen LogP contribution in [-0.4, -0.2) is 24.8 Å². The minimum atomic E-state index is -4.12. The first kappa shape index (κ1) is 10.3. The highest BCUT2D eigenvalue weighted by molar-refractivity contribution is 5.83. The summed E-state index contributed by atoms with van der Waals surface area (Å²) in [5.41, 5.74) is 0. The van der Waals surface area contributed by atoms with Crippen LogP contribution in [0.3, 0.4) is 0 Å². The van der Waals surface area contributed by atoms with E-state index in [4.69, 9.17) is 0 Å². The zero-order valence-corrected chi connectivity index (χ0v) is 6.95. The highest BCUT2D eigenvalue weighted by atomic mass is 19.4. The van der Waals surface area contributed by atoms with Crippen LogP contribution < -0.4 is 10.6 Å². The lowest BCUT2D eigenvalue weighted by molar-refractivity contribution is -0.136. The SMILES string of the molecule is O=C1NCNC1CCCC(F)(F)F. The summed E-state index contributed by atoms with van der Waals surface area (Å²) in [4.78, 5) is 10.9. The van der Waals surface area contributed by atoms with Gasteiger partial charge < -0.3 is 5.32 Å². The van der Waals surface area contributed by atoms with Crippen molar-refractivity contribution >= 4 is 5.91 Å². The summed E-state index contributed by atoms with van der Waals surface area (Å²) in [6, 6.07) is -0.442. The van der Waals surface area contributed by atoms with Gasteiger partial charge in [0.15, 0.2) is 0 Å². The number of rotatable bonds is 3. The van der Waals surface area contributed by atoms with Gasteiger partial charge in [0.2, 0.25) is 5.91 Å². The summed E-state index contributed by atoms with van der Waals surface area (Å²) < 4.78 is 35.1. The van der Waals surface area contributed by atoms with Crippen LogP contribution in [0.4, 0.5) is 13.2 Å². The van der Waals surface area contributed by atoms with Gasteiger partial charge in [-0.25, -0.2) is 0 Å². The van der Waals surface area contributed by atoms with Gasteiger partial charge in [-0.1, -0.05) is 0 Å². The number of hydrogen-bond acceptors (Lipinski definition) is 2. The van der Waals surface area contributed by atoms with E-state index in [-0.39, 0.29) is 18.7 Å². The van der Waals surface area contributed by atoms with Crippen molar-refractivity contribution in [3.8, 4) is 0 Å². The molecule has 0 bridgehead atoms. The first-order chi connectivity index (χ1) is 5.99. The Balaban J connectivity index is 2.16. The van der Waals surface area contributed by atoms with Crippen LogP contribution in [0.2, 0.25) is 0 Å². The lowest BCUT2D eigenvalue weighted by Crippen LogP contribution is -2.28. The van der Waals surface area contributed by atoms with E-state index in [1.165, 1.54) is 0 Å². The number of halogens is 3. The zero-order chi connectivity index (χ0) is 9.90. The molecule has 0 aliphatic carbocycles. The van der Waals surface area contributed by atoms with Gasteiger partial charge >= 0.3 is 6.18 Å². The zero-order valence-electron chi connectivity index (χ0n) is 6.95. The number of carbonyl (C=O) groups is 1. The molecule has 1 amide bonds. The van der Waals surface area contributed by atoms with E-state index in [0.717, 1.165) is 0 Å². The molecule has 0 aromatic heterocycles. The third-order valence-corrected chi connectivity index (χ3v) is 1.88. The molecule has 13 heavy (non-hydrogen) atoms. The number of alkyl halides is 3. The fourth-order valence-corrected chi connectivity index (χ4v) is 1.22. The molecule has 0 saturated carbocycles. The summed E-state index contributed by atoms with van der Waals surface area (Å²) in [6.45, 7) is 0.357. The average Bonchev–Trinajstić information content (AvgIpc) is 2.34. The Labute approximate surface area is 73.7 Å². The smallest absolute Gasteiger partial charge is 0.342 e. The maximum absolute atomic E-state index is 11.7. The molecule has 3 nitrogen and oxygen atoms in total. The Morgan fingerprint density at radius 3 is 2.62 bits per heavy atom. The van der Waals surface area contributed by atoms with Gasteiger partial charge in [0, 0.05) is 6.42 Å². The largest absolute Gasteiger partial charge is 0.389 e. The van der Waals surface area contributed by atoms with Gasteiger partial charge in [-0.15, -0.1) is 0 Å². The number of carbonyl (C=O) groups excluding carboxylic acids is 1. The Hall–Kier alpha value is -0.780. The highest BCUT2D eigenvalue weighted by Crippen LogP contribution is 2.22. The van der Waals surface area contributed by atoms with Crippen LogP contribution in [0.5, 0.6) is 0 Å². The maximum atomic E-state index is 11.7. The molecule has 1 fully saturated rings. The minimum Gasteiger partial charge on any atom is -0.342 e. The minimum absolute atomic E-state index is 0.00537. The Morgan fingerprint density at radius 1 is 1.46 bits per heavy atom. The molecule has 0 spiro atoms. The van der Waals surface area contributed by atoms with E-state index in [0.29, 0.717) is 6.67 Å². The number of amides is 1. The molecule has 0 aromatic carbocycles. The van der Waals surface area contributed by atoms with Crippen LogP contribution >= 0.6 is 0 Å². The van der Waals surface area contributed by atoms with Gasteiger partial charge in [0.1, 0.15) is 0 Å². The van der Waals surface area contributed by atoms with Crippen LogP contribution in [-0.2, 0) is 4.79 Å². The van der Waals surface area contributed by atoms with E-state index in [1.54, 1.807) is 0 Å². The van der Waals surface area contributed by atoms with Crippen molar-refractivity contribution in [3.63, 3.8) is 0 Å². The van der Waals surface area contributed by atoms with Gasteiger partial charge in [-0.2, -0.15) is 13.2 Å². The Bertz CT molecular complexity index is 193. The summed E-state index contributed by atoms with van der Waals surface area (Å²) in [6.07, 6.45) is -4.70. The van der Waals surface area contributed by atoms with Crippen molar-refractivity contribution in [1.82, 2.24) is 10.6 Å². The highest BCUT2D eigenvalue weighted by Gasteiger charge is 2.29. The standard InChI is InChI=1S/C7H11F3N2O/c8-7(9,10)3-1-2-5-6(13)12-4-11-5/h5,11H,1-4H2,(H,12,13). The second-order valence-electron chi connectivity index (χ2n) is 2.98. The van der Waals surface area contributed by atoms with E-state index in [1.807, 2.05) is 0 Å². The summed E-state index contributed by atoms with van der Waals surface area (Å²) >= 11 is 0. The van der Waals surface area contributed by atoms with Crippen LogP contribution in [0.15, 0.2) is 0 Å². The van der Waals surface area contributed by atoms with Crippen molar-refractivity contribution in [3.05, 3.63) is 0 Å². The fraction of sp³-hybridized carbons (Fsp3) is 0.857. The van der Waals surface area contributed by atoms with Gasteiger partial charge in [-0.3, -0.25) is 10.1 Å². The molecule has 1 atom stereocenters. The first-order valence-electron chi connectivity index (χ1n) is 4.07. The first-order valence-corrected chi connectivity index (χ1v) is 4.07. The number of nitrogens with one attached hydrogen (secondary N) is 2. The molecule has 0 radical (unpaired) electrons. The fourth-order valence-electron chi connectivity index (χ4n) is 1.22. The van der Waals surface area contributed by atoms with E-state index in [2.05, 4.69) is 10.6 Å². The summed E-state index contributed by atoms with van der Waals surface area (Å²) in [5.74, 6) is -0.206. The molecule has 1 aliphatic rings. The molecule has 1 saturated heterocycles. The molecule has 1 rings (SSSR count). The van der Waals surface area contributed by atoms with E-state index < -0.39 is 18.6 Å². The molecule has 1 heterocycles. The third kappa shape index (κ3) is 3.63. The van der Waals surface area contributed by atoms with Crippen molar-refractivity contribution < 1.29 is 18.0 Å².